The molecule has 2 aromatic carbocycles. The van der Waals surface area contributed by atoms with Gasteiger partial charge >= 0.3 is 0 Å². The number of methoxy groups -OCH3 is 1. The summed E-state index contributed by atoms with van der Waals surface area (Å²) in [5.74, 6) is 1.00. The van der Waals surface area contributed by atoms with Gasteiger partial charge in [0, 0.05) is 18.8 Å². The summed E-state index contributed by atoms with van der Waals surface area (Å²) in [5, 5.41) is 11.3. The molecule has 0 amide bonds. The van der Waals surface area contributed by atoms with Crippen molar-refractivity contribution in [3.05, 3.63) is 59.7 Å². The number of ether oxygens (including phenoxy) is 2. The number of unbranched alkanes of at least 4 members (excludes halogenated alkanes) is 1. The molecule has 0 heterocycles. The van der Waals surface area contributed by atoms with E-state index in [9.17, 15) is 5.11 Å². The molecular weight excluding hydrogens is 392 g/mol. The van der Waals surface area contributed by atoms with Gasteiger partial charge < -0.3 is 19.0 Å². The molecule has 0 aliphatic heterocycles. The van der Waals surface area contributed by atoms with Crippen LogP contribution in [-0.2, 0) is 15.8 Å². The van der Waals surface area contributed by atoms with Crippen LogP contribution in [0.15, 0.2) is 48.5 Å². The first-order valence-corrected chi connectivity index (χ1v) is 13.3. The molecular formula is C25H36O4Si. The van der Waals surface area contributed by atoms with Gasteiger partial charge in [0.1, 0.15) is 11.5 Å². The molecule has 0 saturated carbocycles. The number of rotatable bonds is 13. The fourth-order valence-corrected chi connectivity index (χ4v) is 6.74. The molecule has 0 unspecified atom stereocenters. The summed E-state index contributed by atoms with van der Waals surface area (Å²) in [5.41, 5.74) is 1.98. The fraction of sp³-hybridized carbons (Fsp3) is 0.440. The third kappa shape index (κ3) is 6.72. The number of hydrogen-bond acceptors (Lipinski definition) is 4. The lowest BCUT2D eigenvalue weighted by molar-refractivity contribution is 0.134. The maximum Gasteiger partial charge on any atom is 0.223 e. The smallest absolute Gasteiger partial charge is 0.223 e. The monoisotopic (exact) mass is 428 g/mol. The van der Waals surface area contributed by atoms with Crippen LogP contribution < -0.4 is 9.92 Å². The normalized spacial score (nSPS) is 11.9. The summed E-state index contributed by atoms with van der Waals surface area (Å²) in [6, 6.07) is 16.2. The van der Waals surface area contributed by atoms with Crippen molar-refractivity contribution in [2.45, 2.75) is 52.3 Å². The molecule has 0 fully saturated rings. The summed E-state index contributed by atoms with van der Waals surface area (Å²) in [7, 11) is -0.314. The van der Waals surface area contributed by atoms with Gasteiger partial charge in [0.15, 0.2) is 0 Å². The van der Waals surface area contributed by atoms with Crippen molar-refractivity contribution in [1.82, 2.24) is 0 Å². The van der Waals surface area contributed by atoms with Gasteiger partial charge in [-0.15, -0.1) is 0 Å². The highest BCUT2D eigenvalue weighted by molar-refractivity contribution is 6.86. The van der Waals surface area contributed by atoms with Gasteiger partial charge in [0.2, 0.25) is 8.32 Å². The molecule has 0 aromatic heterocycles. The number of aromatic hydroxyl groups is 1. The van der Waals surface area contributed by atoms with Crippen LogP contribution in [0.1, 0.15) is 44.7 Å². The molecule has 5 heteroatoms. The Bertz CT molecular complexity index is 782. The first kappa shape index (κ1) is 24.2. The molecule has 0 aliphatic rings. The number of benzene rings is 2. The zero-order valence-corrected chi connectivity index (χ0v) is 19.8. The molecule has 0 aliphatic carbocycles. The average Bonchev–Trinajstić information content (AvgIpc) is 2.79. The molecule has 0 atom stereocenters. The predicted octanol–water partition coefficient (Wildman–Crippen LogP) is 5.64. The van der Waals surface area contributed by atoms with E-state index in [0.29, 0.717) is 6.61 Å². The van der Waals surface area contributed by atoms with Crippen molar-refractivity contribution in [3.63, 3.8) is 0 Å². The van der Waals surface area contributed by atoms with Crippen LogP contribution in [0.4, 0.5) is 0 Å². The molecule has 0 spiro atoms. The maximum atomic E-state index is 9.96. The molecule has 0 saturated heterocycles. The van der Waals surface area contributed by atoms with Crippen LogP contribution in [0, 0.1) is 0 Å². The standard InChI is InChI=1S/C25H36O4Si/c1-5-28-20-21-12-15-24(16-13-21)30(6-2,7-3)29-18-10-8-9-11-22-19-23(27-4)14-17-25(22)26/h9,11-17,19,26H,5-8,10,18,20H2,1-4H3/b11-9+. The summed E-state index contributed by atoms with van der Waals surface area (Å²) in [6.07, 6.45) is 5.89. The van der Waals surface area contributed by atoms with Gasteiger partial charge in [-0.05, 0) is 60.8 Å². The Hall–Kier alpha value is -2.08. The Kier molecular flexibility index (Phi) is 10.1. The second-order valence-corrected chi connectivity index (χ2v) is 11.6. The Morgan fingerprint density at radius 2 is 1.73 bits per heavy atom. The second-order valence-electron chi connectivity index (χ2n) is 7.35. The quantitative estimate of drug-likeness (QED) is 0.331. The highest BCUT2D eigenvalue weighted by Gasteiger charge is 2.33. The van der Waals surface area contributed by atoms with Crippen molar-refractivity contribution in [2.75, 3.05) is 20.3 Å². The average molecular weight is 429 g/mol. The molecule has 0 radical (unpaired) electrons. The van der Waals surface area contributed by atoms with Crippen molar-refractivity contribution in [3.8, 4) is 11.5 Å². The molecule has 164 valence electrons. The number of hydrogen-bond donors (Lipinski definition) is 1. The summed E-state index contributed by atoms with van der Waals surface area (Å²) in [6.45, 7) is 8.66. The largest absolute Gasteiger partial charge is 0.507 e. The first-order chi connectivity index (χ1) is 14.6. The zero-order chi connectivity index (χ0) is 21.8. The van der Waals surface area contributed by atoms with Crippen LogP contribution in [0.25, 0.3) is 6.08 Å². The molecule has 4 nitrogen and oxygen atoms in total. The van der Waals surface area contributed by atoms with E-state index in [-0.39, 0.29) is 5.75 Å². The van der Waals surface area contributed by atoms with Crippen LogP contribution in [0.2, 0.25) is 12.1 Å². The van der Waals surface area contributed by atoms with Gasteiger partial charge in [-0.2, -0.15) is 0 Å². The minimum absolute atomic E-state index is 0.263. The fourth-order valence-electron chi connectivity index (χ4n) is 3.54. The van der Waals surface area contributed by atoms with Crippen LogP contribution >= 0.6 is 0 Å². The summed E-state index contributed by atoms with van der Waals surface area (Å²) < 4.78 is 17.3. The third-order valence-electron chi connectivity index (χ3n) is 5.52. The van der Waals surface area contributed by atoms with E-state index >= 15 is 0 Å². The highest BCUT2D eigenvalue weighted by atomic mass is 28.4. The van der Waals surface area contributed by atoms with E-state index in [1.165, 1.54) is 10.8 Å². The van der Waals surface area contributed by atoms with Crippen LogP contribution in [0.3, 0.4) is 0 Å². The molecule has 0 bridgehead atoms. The zero-order valence-electron chi connectivity index (χ0n) is 18.8. The van der Waals surface area contributed by atoms with E-state index in [0.717, 1.165) is 49.5 Å². The lowest BCUT2D eigenvalue weighted by Crippen LogP contribution is -2.49. The van der Waals surface area contributed by atoms with E-state index < -0.39 is 8.32 Å². The number of phenolic OH excluding ortho intramolecular Hbond substituents is 1. The van der Waals surface area contributed by atoms with Gasteiger partial charge in [0.25, 0.3) is 0 Å². The lowest BCUT2D eigenvalue weighted by atomic mass is 10.1. The maximum absolute atomic E-state index is 9.96. The molecule has 2 aromatic rings. The van der Waals surface area contributed by atoms with Gasteiger partial charge in [-0.1, -0.05) is 50.3 Å². The van der Waals surface area contributed by atoms with Crippen LogP contribution in [-0.4, -0.2) is 33.7 Å². The number of phenols is 1. The second kappa shape index (κ2) is 12.6. The van der Waals surface area contributed by atoms with Crippen molar-refractivity contribution < 1.29 is 19.0 Å². The first-order valence-electron chi connectivity index (χ1n) is 10.9. The summed E-state index contributed by atoms with van der Waals surface area (Å²) in [4.78, 5) is 0. The van der Waals surface area contributed by atoms with Crippen LogP contribution in [0.5, 0.6) is 11.5 Å². The topological polar surface area (TPSA) is 47.9 Å². The van der Waals surface area contributed by atoms with Gasteiger partial charge in [0.05, 0.1) is 13.7 Å². The Morgan fingerprint density at radius 1 is 1.00 bits per heavy atom. The van der Waals surface area contributed by atoms with Crippen molar-refractivity contribution in [2.24, 2.45) is 0 Å². The molecule has 1 N–H and O–H groups in total. The molecule has 2 rings (SSSR count). The Labute approximate surface area is 182 Å². The minimum atomic E-state index is -1.94. The lowest BCUT2D eigenvalue weighted by Gasteiger charge is -2.30. The highest BCUT2D eigenvalue weighted by Crippen LogP contribution is 2.24. The minimum Gasteiger partial charge on any atom is -0.507 e. The van der Waals surface area contributed by atoms with E-state index in [2.05, 4.69) is 44.2 Å². The SMILES string of the molecule is CCOCc1ccc([Si](CC)(CC)OCCC/C=C/c2cc(OC)ccc2O)cc1. The third-order valence-corrected chi connectivity index (χ3v) is 9.95. The van der Waals surface area contributed by atoms with E-state index in [4.69, 9.17) is 13.9 Å². The molecule has 30 heavy (non-hydrogen) atoms. The predicted molar refractivity (Wildman–Crippen MR) is 127 cm³/mol. The van der Waals surface area contributed by atoms with Gasteiger partial charge in [-0.25, -0.2) is 0 Å². The van der Waals surface area contributed by atoms with E-state index in [1.54, 1.807) is 19.2 Å². The van der Waals surface area contributed by atoms with Crippen molar-refractivity contribution >= 4 is 19.6 Å². The van der Waals surface area contributed by atoms with Gasteiger partial charge in [-0.3, -0.25) is 0 Å². The summed E-state index contributed by atoms with van der Waals surface area (Å²) >= 11 is 0. The Morgan fingerprint density at radius 3 is 2.37 bits per heavy atom. The van der Waals surface area contributed by atoms with E-state index in [1.807, 2.05) is 19.1 Å². The van der Waals surface area contributed by atoms with Crippen molar-refractivity contribution in [1.29, 1.82) is 0 Å². The Balaban J connectivity index is 1.90. The number of allylic oxidation sites excluding steroid dienone is 1.